The van der Waals surface area contributed by atoms with Gasteiger partial charge in [-0.25, -0.2) is 4.68 Å². The molecule has 0 aliphatic heterocycles. The van der Waals surface area contributed by atoms with Gasteiger partial charge in [-0.2, -0.15) is 10.4 Å². The average molecular weight is 191 g/mol. The van der Waals surface area contributed by atoms with Gasteiger partial charge in [0.25, 0.3) is 5.56 Å². The smallest absolute Gasteiger partial charge is 0.266 e. The van der Waals surface area contributed by atoms with E-state index in [9.17, 15) is 4.79 Å². The van der Waals surface area contributed by atoms with Gasteiger partial charge in [-0.05, 0) is 26.3 Å². The van der Waals surface area contributed by atoms with E-state index in [1.165, 1.54) is 10.7 Å². The Morgan fingerprint density at radius 3 is 2.93 bits per heavy atom. The Balaban J connectivity index is 2.69. The van der Waals surface area contributed by atoms with Crippen molar-refractivity contribution in [1.29, 1.82) is 5.26 Å². The first-order valence-corrected chi connectivity index (χ1v) is 4.48. The predicted molar refractivity (Wildman–Crippen MR) is 52.5 cm³/mol. The number of aromatic nitrogens is 2. The molecule has 0 saturated carbocycles. The van der Waals surface area contributed by atoms with E-state index in [2.05, 4.69) is 11.2 Å². The first-order chi connectivity index (χ1) is 6.55. The summed E-state index contributed by atoms with van der Waals surface area (Å²) in [5.74, 6) is 0. The van der Waals surface area contributed by atoms with E-state index in [1.54, 1.807) is 12.3 Å². The van der Waals surface area contributed by atoms with Gasteiger partial charge in [0, 0.05) is 18.8 Å². The Morgan fingerprint density at radius 1 is 1.64 bits per heavy atom. The van der Waals surface area contributed by atoms with Gasteiger partial charge < -0.3 is 0 Å². The van der Waals surface area contributed by atoms with Crippen molar-refractivity contribution in [2.24, 2.45) is 5.41 Å². The molecule has 1 aromatic heterocycles. The van der Waals surface area contributed by atoms with Crippen molar-refractivity contribution >= 4 is 0 Å². The molecule has 0 aromatic carbocycles. The van der Waals surface area contributed by atoms with Crippen LogP contribution in [0.4, 0.5) is 0 Å². The normalized spacial score (nSPS) is 10.9. The molecule has 0 atom stereocenters. The lowest BCUT2D eigenvalue weighted by atomic mass is 9.92. The van der Waals surface area contributed by atoms with Crippen LogP contribution in [0.5, 0.6) is 0 Å². The highest BCUT2D eigenvalue weighted by atomic mass is 16.1. The molecule has 0 fully saturated rings. The Morgan fingerprint density at radius 2 is 2.36 bits per heavy atom. The molecule has 0 bridgehead atoms. The van der Waals surface area contributed by atoms with E-state index in [0.717, 1.165) is 0 Å². The van der Waals surface area contributed by atoms with Crippen LogP contribution in [-0.4, -0.2) is 9.78 Å². The van der Waals surface area contributed by atoms with Crippen molar-refractivity contribution in [1.82, 2.24) is 9.78 Å². The molecule has 74 valence electrons. The van der Waals surface area contributed by atoms with E-state index in [-0.39, 0.29) is 5.56 Å². The predicted octanol–water partition coefficient (Wildman–Crippen LogP) is 1.18. The fourth-order valence-electron chi connectivity index (χ4n) is 0.996. The monoisotopic (exact) mass is 191 g/mol. The summed E-state index contributed by atoms with van der Waals surface area (Å²) < 4.78 is 1.37. The van der Waals surface area contributed by atoms with Gasteiger partial charge in [-0.1, -0.05) is 0 Å². The highest BCUT2D eigenvalue weighted by Crippen LogP contribution is 2.18. The van der Waals surface area contributed by atoms with Gasteiger partial charge >= 0.3 is 0 Å². The van der Waals surface area contributed by atoms with E-state index in [0.29, 0.717) is 13.0 Å². The summed E-state index contributed by atoms with van der Waals surface area (Å²) in [5.41, 5.74) is -0.530. The standard InChI is InChI=1S/C10H13N3O/c1-10(2,8-11)5-7-13-9(14)4-3-6-12-13/h3-4,6H,5,7H2,1-2H3. The second-order valence-corrected chi connectivity index (χ2v) is 3.83. The molecular formula is C10H13N3O. The second kappa shape index (κ2) is 4.05. The molecule has 0 amide bonds. The summed E-state index contributed by atoms with van der Waals surface area (Å²) in [6.45, 7) is 4.18. The zero-order valence-electron chi connectivity index (χ0n) is 8.40. The Kier molecular flexibility index (Phi) is 3.03. The third kappa shape index (κ3) is 2.70. The van der Waals surface area contributed by atoms with Crippen LogP contribution in [0.1, 0.15) is 20.3 Å². The molecule has 0 aliphatic carbocycles. The van der Waals surface area contributed by atoms with Crippen molar-refractivity contribution < 1.29 is 0 Å². The van der Waals surface area contributed by atoms with Crippen molar-refractivity contribution in [3.05, 3.63) is 28.7 Å². The SMILES string of the molecule is CC(C)(C#N)CCn1ncccc1=O. The second-order valence-electron chi connectivity index (χ2n) is 3.83. The number of nitriles is 1. The highest BCUT2D eigenvalue weighted by Gasteiger charge is 2.16. The molecule has 1 rings (SSSR count). The maximum Gasteiger partial charge on any atom is 0.266 e. The molecule has 0 N–H and O–H groups in total. The minimum Gasteiger partial charge on any atom is -0.268 e. The number of aryl methyl sites for hydroxylation is 1. The lowest BCUT2D eigenvalue weighted by molar-refractivity contribution is 0.391. The van der Waals surface area contributed by atoms with Crippen LogP contribution >= 0.6 is 0 Å². The van der Waals surface area contributed by atoms with Gasteiger partial charge in [-0.15, -0.1) is 0 Å². The van der Waals surface area contributed by atoms with Crippen molar-refractivity contribution in [2.45, 2.75) is 26.8 Å². The lowest BCUT2D eigenvalue weighted by Crippen LogP contribution is -2.24. The number of hydrogen-bond donors (Lipinski definition) is 0. The molecule has 1 heterocycles. The van der Waals surface area contributed by atoms with E-state index >= 15 is 0 Å². The van der Waals surface area contributed by atoms with Crippen LogP contribution in [0.15, 0.2) is 23.1 Å². The van der Waals surface area contributed by atoms with Gasteiger partial charge in [-0.3, -0.25) is 4.79 Å². The summed E-state index contributed by atoms with van der Waals surface area (Å²) in [5, 5.41) is 12.7. The minimum atomic E-state index is -0.406. The maximum absolute atomic E-state index is 11.2. The van der Waals surface area contributed by atoms with Crippen molar-refractivity contribution in [3.8, 4) is 6.07 Å². The minimum absolute atomic E-state index is 0.124. The largest absolute Gasteiger partial charge is 0.268 e. The van der Waals surface area contributed by atoms with E-state index < -0.39 is 5.41 Å². The summed E-state index contributed by atoms with van der Waals surface area (Å²) in [4.78, 5) is 11.2. The Hall–Kier alpha value is -1.63. The molecule has 0 spiro atoms. The summed E-state index contributed by atoms with van der Waals surface area (Å²) >= 11 is 0. The van der Waals surface area contributed by atoms with Crippen LogP contribution in [0, 0.1) is 16.7 Å². The van der Waals surface area contributed by atoms with Crippen LogP contribution in [0.25, 0.3) is 0 Å². The van der Waals surface area contributed by atoms with Gasteiger partial charge in [0.05, 0.1) is 11.5 Å². The first kappa shape index (κ1) is 10.5. The summed E-state index contributed by atoms with van der Waals surface area (Å²) in [6, 6.07) is 5.26. The van der Waals surface area contributed by atoms with Crippen LogP contribution < -0.4 is 5.56 Å². The lowest BCUT2D eigenvalue weighted by Gasteiger charge is -2.14. The summed E-state index contributed by atoms with van der Waals surface area (Å²) in [7, 11) is 0. The summed E-state index contributed by atoms with van der Waals surface area (Å²) in [6.07, 6.45) is 2.20. The maximum atomic E-state index is 11.2. The zero-order valence-corrected chi connectivity index (χ0v) is 8.40. The van der Waals surface area contributed by atoms with Gasteiger partial charge in [0.15, 0.2) is 0 Å². The quantitative estimate of drug-likeness (QED) is 0.720. The Labute approximate surface area is 82.8 Å². The highest BCUT2D eigenvalue weighted by molar-refractivity contribution is 4.92. The molecular weight excluding hydrogens is 178 g/mol. The fraction of sp³-hybridized carbons (Fsp3) is 0.500. The molecule has 4 nitrogen and oxygen atoms in total. The molecule has 14 heavy (non-hydrogen) atoms. The van der Waals surface area contributed by atoms with Crippen LogP contribution in [0.3, 0.4) is 0 Å². The zero-order chi connectivity index (χ0) is 10.6. The van der Waals surface area contributed by atoms with E-state index in [1.807, 2.05) is 13.8 Å². The third-order valence-electron chi connectivity index (χ3n) is 2.04. The van der Waals surface area contributed by atoms with E-state index in [4.69, 9.17) is 5.26 Å². The number of hydrogen-bond acceptors (Lipinski definition) is 3. The first-order valence-electron chi connectivity index (χ1n) is 4.48. The van der Waals surface area contributed by atoms with Gasteiger partial charge in [0.1, 0.15) is 0 Å². The van der Waals surface area contributed by atoms with Crippen molar-refractivity contribution in [3.63, 3.8) is 0 Å². The molecule has 1 aromatic rings. The number of nitrogens with zero attached hydrogens (tertiary/aromatic N) is 3. The van der Waals surface area contributed by atoms with Gasteiger partial charge in [0.2, 0.25) is 0 Å². The molecule has 0 radical (unpaired) electrons. The van der Waals surface area contributed by atoms with Crippen LogP contribution in [-0.2, 0) is 6.54 Å². The molecule has 0 saturated heterocycles. The topological polar surface area (TPSA) is 58.7 Å². The van der Waals surface area contributed by atoms with Crippen LogP contribution in [0.2, 0.25) is 0 Å². The third-order valence-corrected chi connectivity index (χ3v) is 2.04. The average Bonchev–Trinajstić information content (AvgIpc) is 2.17. The molecule has 0 aliphatic rings. The number of rotatable bonds is 3. The Bertz CT molecular complexity index is 400. The van der Waals surface area contributed by atoms with Crippen molar-refractivity contribution in [2.75, 3.05) is 0 Å². The molecule has 0 unspecified atom stereocenters. The fourth-order valence-corrected chi connectivity index (χ4v) is 0.996. The molecule has 4 heteroatoms.